The van der Waals surface area contributed by atoms with Crippen LogP contribution in [-0.2, 0) is 4.79 Å². The number of hydrogen-bond donors (Lipinski definition) is 3. The number of aromatic nitrogens is 3. The molecule has 3 N–H and O–H groups in total. The van der Waals surface area contributed by atoms with Gasteiger partial charge >= 0.3 is 11.7 Å². The topological polar surface area (TPSA) is 112 Å². The number of piperidine rings is 1. The number of likely N-dealkylation sites (tertiary alicyclic amines) is 1. The van der Waals surface area contributed by atoms with E-state index in [1.54, 1.807) is 15.7 Å². The van der Waals surface area contributed by atoms with Crippen LogP contribution in [0.15, 0.2) is 47.4 Å². The number of benzene rings is 1. The number of aryl methyl sites for hydroxylation is 1. The molecule has 0 aliphatic carbocycles. The van der Waals surface area contributed by atoms with Crippen molar-refractivity contribution in [1.82, 2.24) is 30.1 Å². The molecule has 0 radical (unpaired) electrons. The van der Waals surface area contributed by atoms with Gasteiger partial charge in [-0.15, -0.1) is 0 Å². The summed E-state index contributed by atoms with van der Waals surface area (Å²) >= 11 is 0. The van der Waals surface area contributed by atoms with Crippen molar-refractivity contribution in [2.24, 2.45) is 0 Å². The fourth-order valence-corrected chi connectivity index (χ4v) is 5.10. The molecule has 5 rings (SSSR count). The van der Waals surface area contributed by atoms with Crippen LogP contribution in [0.5, 0.6) is 0 Å². The van der Waals surface area contributed by atoms with Crippen LogP contribution in [0.3, 0.4) is 0 Å². The monoisotopic (exact) mass is 462 g/mol. The second-order valence-electron chi connectivity index (χ2n) is 9.32. The molecule has 3 amide bonds. The van der Waals surface area contributed by atoms with Gasteiger partial charge in [0, 0.05) is 37.8 Å². The highest BCUT2D eigenvalue weighted by atomic mass is 16.2. The fraction of sp³-hybridized carbons (Fsp3) is 0.440. The molecule has 2 saturated heterocycles. The number of hydrogen-bond acceptors (Lipinski definition) is 4. The van der Waals surface area contributed by atoms with E-state index in [0.29, 0.717) is 44.5 Å². The van der Waals surface area contributed by atoms with E-state index in [0.717, 1.165) is 11.9 Å². The van der Waals surface area contributed by atoms with Gasteiger partial charge in [-0.25, -0.2) is 14.6 Å². The summed E-state index contributed by atoms with van der Waals surface area (Å²) in [6.07, 6.45) is 4.42. The van der Waals surface area contributed by atoms with E-state index < -0.39 is 6.04 Å². The van der Waals surface area contributed by atoms with Gasteiger partial charge in [0.1, 0.15) is 6.04 Å². The van der Waals surface area contributed by atoms with Gasteiger partial charge in [-0.2, -0.15) is 0 Å². The summed E-state index contributed by atoms with van der Waals surface area (Å²) < 4.78 is 1.75. The maximum absolute atomic E-state index is 12.9. The fourth-order valence-electron chi connectivity index (χ4n) is 5.10. The van der Waals surface area contributed by atoms with E-state index in [2.05, 4.69) is 51.8 Å². The first-order valence-electron chi connectivity index (χ1n) is 11.9. The third-order valence-electron chi connectivity index (χ3n) is 7.10. The van der Waals surface area contributed by atoms with Gasteiger partial charge in [0.15, 0.2) is 5.65 Å². The average Bonchev–Trinajstić information content (AvgIpc) is 3.08. The number of imidazole rings is 1. The van der Waals surface area contributed by atoms with Crippen LogP contribution in [0.25, 0.3) is 11.2 Å². The Morgan fingerprint density at radius 3 is 2.59 bits per heavy atom. The number of rotatable bonds is 3. The predicted molar refractivity (Wildman–Crippen MR) is 129 cm³/mol. The Kier molecular flexibility index (Phi) is 6.08. The highest BCUT2D eigenvalue weighted by Crippen LogP contribution is 2.26. The molecule has 0 spiro atoms. The van der Waals surface area contributed by atoms with Crippen molar-refractivity contribution in [3.8, 4) is 0 Å². The molecule has 2 aliphatic heterocycles. The molecule has 1 aromatic carbocycles. The zero-order valence-electron chi connectivity index (χ0n) is 19.3. The Bertz CT molecular complexity index is 1240. The van der Waals surface area contributed by atoms with Gasteiger partial charge in [-0.05, 0) is 50.3 Å². The second-order valence-corrected chi connectivity index (χ2v) is 9.32. The Balaban J connectivity index is 1.18. The SMILES string of the molecule is Cc1ccc(C2CC[C@@H](NC(=O)N3CCC(n4c(=O)[nH]c5ncccc54)CC3)C(=O)NC2)cc1. The van der Waals surface area contributed by atoms with Crippen LogP contribution >= 0.6 is 0 Å². The predicted octanol–water partition coefficient (Wildman–Crippen LogP) is 2.44. The second kappa shape index (κ2) is 9.32. The number of nitrogens with one attached hydrogen (secondary N) is 3. The number of amides is 3. The summed E-state index contributed by atoms with van der Waals surface area (Å²) in [5.41, 5.74) is 3.61. The van der Waals surface area contributed by atoms with Crippen molar-refractivity contribution in [2.45, 2.75) is 50.6 Å². The number of H-pyrrole nitrogens is 1. The minimum atomic E-state index is -0.539. The first-order chi connectivity index (χ1) is 16.5. The summed E-state index contributed by atoms with van der Waals surface area (Å²) in [6.45, 7) is 3.68. The van der Waals surface area contributed by atoms with Gasteiger partial charge in [-0.1, -0.05) is 29.8 Å². The number of fused-ring (bicyclic) bond motifs is 1. The number of urea groups is 1. The van der Waals surface area contributed by atoms with Crippen LogP contribution in [0.1, 0.15) is 48.8 Å². The normalized spacial score (nSPS) is 21.8. The number of nitrogens with zero attached hydrogens (tertiary/aromatic N) is 3. The van der Waals surface area contributed by atoms with Crippen LogP contribution in [0.4, 0.5) is 4.79 Å². The van der Waals surface area contributed by atoms with Gasteiger partial charge in [0.2, 0.25) is 5.91 Å². The molecule has 2 aromatic heterocycles. The lowest BCUT2D eigenvalue weighted by molar-refractivity contribution is -0.122. The number of carbonyl (C=O) groups excluding carboxylic acids is 2. The van der Waals surface area contributed by atoms with Crippen LogP contribution in [0, 0.1) is 6.92 Å². The van der Waals surface area contributed by atoms with Crippen molar-refractivity contribution in [3.05, 3.63) is 64.2 Å². The zero-order chi connectivity index (χ0) is 23.7. The highest BCUT2D eigenvalue weighted by Gasteiger charge is 2.31. The number of carbonyl (C=O) groups is 2. The summed E-state index contributed by atoms with van der Waals surface area (Å²) in [7, 11) is 0. The Morgan fingerprint density at radius 2 is 1.82 bits per heavy atom. The lowest BCUT2D eigenvalue weighted by Crippen LogP contribution is -2.52. The first kappa shape index (κ1) is 22.2. The van der Waals surface area contributed by atoms with E-state index in [-0.39, 0.29) is 29.6 Å². The number of pyridine rings is 1. The lowest BCUT2D eigenvalue weighted by Gasteiger charge is -2.33. The summed E-state index contributed by atoms with van der Waals surface area (Å²) in [5, 5.41) is 5.94. The minimum absolute atomic E-state index is 0.00551. The van der Waals surface area contributed by atoms with Crippen LogP contribution in [-0.4, -0.2) is 57.0 Å². The Morgan fingerprint density at radius 1 is 1.06 bits per heavy atom. The maximum Gasteiger partial charge on any atom is 0.327 e. The molecule has 2 atom stereocenters. The molecule has 2 aliphatic rings. The molecule has 1 unspecified atom stereocenters. The maximum atomic E-state index is 12.9. The largest absolute Gasteiger partial charge is 0.354 e. The van der Waals surface area contributed by atoms with E-state index in [1.165, 1.54) is 11.1 Å². The van der Waals surface area contributed by atoms with Gasteiger partial charge in [0.25, 0.3) is 0 Å². The summed E-state index contributed by atoms with van der Waals surface area (Å²) in [6, 6.07) is 11.4. The molecule has 178 valence electrons. The van der Waals surface area contributed by atoms with E-state index in [9.17, 15) is 14.4 Å². The number of aromatic amines is 1. The molecule has 9 heteroatoms. The van der Waals surface area contributed by atoms with Crippen molar-refractivity contribution < 1.29 is 9.59 Å². The zero-order valence-corrected chi connectivity index (χ0v) is 19.3. The summed E-state index contributed by atoms with van der Waals surface area (Å²) in [4.78, 5) is 46.8. The van der Waals surface area contributed by atoms with Crippen LogP contribution in [0.2, 0.25) is 0 Å². The first-order valence-corrected chi connectivity index (χ1v) is 11.9. The van der Waals surface area contributed by atoms with Crippen molar-refractivity contribution in [1.29, 1.82) is 0 Å². The molecule has 4 heterocycles. The average molecular weight is 463 g/mol. The van der Waals surface area contributed by atoms with Gasteiger partial charge in [-0.3, -0.25) is 14.3 Å². The third-order valence-corrected chi connectivity index (χ3v) is 7.10. The smallest absolute Gasteiger partial charge is 0.327 e. The molecule has 34 heavy (non-hydrogen) atoms. The molecule has 9 nitrogen and oxygen atoms in total. The van der Waals surface area contributed by atoms with E-state index >= 15 is 0 Å². The van der Waals surface area contributed by atoms with Gasteiger partial charge < -0.3 is 15.5 Å². The van der Waals surface area contributed by atoms with E-state index in [1.807, 2.05) is 12.1 Å². The lowest BCUT2D eigenvalue weighted by atomic mass is 9.93. The Hall–Kier alpha value is -3.62. The quantitative estimate of drug-likeness (QED) is 0.555. The standard InChI is InChI=1S/C25H30N6O3/c1-16-4-6-17(7-5-16)18-8-9-20(23(32)27-15-18)28-24(33)30-13-10-19(11-14-30)31-21-3-2-12-26-22(21)29-25(31)34/h2-7,12,18-20H,8-11,13-15H2,1H3,(H,27,32)(H,28,33)(H,26,29,34)/t18?,20-/m1/s1. The van der Waals surface area contributed by atoms with Crippen molar-refractivity contribution in [3.63, 3.8) is 0 Å². The molecule has 0 saturated carbocycles. The van der Waals surface area contributed by atoms with Crippen molar-refractivity contribution >= 4 is 23.1 Å². The van der Waals surface area contributed by atoms with Crippen LogP contribution < -0.4 is 16.3 Å². The summed E-state index contributed by atoms with van der Waals surface area (Å²) in [5.74, 6) is 0.113. The molecule has 0 bridgehead atoms. The molecule has 2 fully saturated rings. The molecule has 3 aromatic rings. The van der Waals surface area contributed by atoms with Gasteiger partial charge in [0.05, 0.1) is 5.52 Å². The minimum Gasteiger partial charge on any atom is -0.354 e. The van der Waals surface area contributed by atoms with E-state index in [4.69, 9.17) is 0 Å². The van der Waals surface area contributed by atoms with Crippen molar-refractivity contribution in [2.75, 3.05) is 19.6 Å². The third kappa shape index (κ3) is 4.42. The highest BCUT2D eigenvalue weighted by molar-refractivity contribution is 5.87. The molecular formula is C25H30N6O3. The Labute approximate surface area is 197 Å². The molecular weight excluding hydrogens is 432 g/mol.